The summed E-state index contributed by atoms with van der Waals surface area (Å²) in [6, 6.07) is 0. The zero-order valence-electron chi connectivity index (χ0n) is 5.50. The lowest BCUT2D eigenvalue weighted by Gasteiger charge is -1.91. The molecule has 0 saturated heterocycles. The van der Waals surface area contributed by atoms with Crippen LogP contribution in [-0.4, -0.2) is 30.6 Å². The van der Waals surface area contributed by atoms with E-state index in [1.165, 1.54) is 0 Å². The first-order chi connectivity index (χ1) is 4.20. The summed E-state index contributed by atoms with van der Waals surface area (Å²) in [6.07, 6.45) is 0. The molecule has 5 heteroatoms. The van der Waals surface area contributed by atoms with Crippen molar-refractivity contribution in [3.05, 3.63) is 0 Å². The van der Waals surface area contributed by atoms with Gasteiger partial charge < -0.3 is 10.4 Å². The van der Waals surface area contributed by atoms with E-state index in [2.05, 4.69) is 10.3 Å². The van der Waals surface area contributed by atoms with E-state index in [-0.39, 0.29) is 0 Å². The fraction of sp³-hybridized carbons (Fsp3) is 0.500. The third-order valence-electron chi connectivity index (χ3n) is 0.853. The Morgan fingerprint density at radius 3 is 1.67 bits per heavy atom. The number of rotatable bonds is 2. The van der Waals surface area contributed by atoms with Gasteiger partial charge in [0.1, 0.15) is 9.52 Å². The molecule has 52 valence electrons. The summed E-state index contributed by atoms with van der Waals surface area (Å²) in [4.78, 5) is 0. The third-order valence-corrected chi connectivity index (χ3v) is 2.16. The van der Waals surface area contributed by atoms with Crippen molar-refractivity contribution in [3.8, 4) is 0 Å². The summed E-state index contributed by atoms with van der Waals surface area (Å²) in [5, 5.41) is 23.6. The molecule has 4 nitrogen and oxygen atoms in total. The predicted octanol–water partition coefficient (Wildman–Crippen LogP) is -0.230. The van der Waals surface area contributed by atoms with Gasteiger partial charge >= 0.3 is 0 Å². The summed E-state index contributed by atoms with van der Waals surface area (Å²) < 4.78 is 0. The van der Waals surface area contributed by atoms with Crippen LogP contribution in [0.4, 0.5) is 0 Å². The topological polar surface area (TPSA) is 65.2 Å². The normalized spacial score (nSPS) is 15.3. The predicted molar refractivity (Wildman–Crippen MR) is 38.3 cm³/mol. The maximum absolute atomic E-state index is 8.17. The second-order valence-electron chi connectivity index (χ2n) is 1.85. The SMILES string of the molecule is CC(=NO)[SiH2]C(C)=NO. The molecule has 0 rings (SSSR count). The van der Waals surface area contributed by atoms with Gasteiger partial charge in [0.15, 0.2) is 0 Å². The molecule has 2 N–H and O–H groups in total. The van der Waals surface area contributed by atoms with Gasteiger partial charge in [0.2, 0.25) is 0 Å². The molecule has 0 fully saturated rings. The fourth-order valence-electron chi connectivity index (χ4n) is 0.441. The standard InChI is InChI=1S/C4H10N2O2Si/c1-3(5-7)9-4(2)6-8/h7-8H,9H2,1-2H3. The molecule has 0 radical (unpaired) electrons. The summed E-state index contributed by atoms with van der Waals surface area (Å²) in [6.45, 7) is 3.42. The van der Waals surface area contributed by atoms with Gasteiger partial charge in [-0.3, -0.25) is 0 Å². The van der Waals surface area contributed by atoms with E-state index in [0.717, 1.165) is 0 Å². The lowest BCUT2D eigenvalue weighted by atomic mass is 10.9. The molecular formula is C4H10N2O2Si. The zero-order chi connectivity index (χ0) is 7.28. The van der Waals surface area contributed by atoms with E-state index in [1.54, 1.807) is 13.8 Å². The van der Waals surface area contributed by atoms with Crippen LogP contribution in [0.2, 0.25) is 0 Å². The van der Waals surface area contributed by atoms with Crippen molar-refractivity contribution in [2.45, 2.75) is 13.8 Å². The molecule has 0 spiro atoms. The van der Waals surface area contributed by atoms with Crippen molar-refractivity contribution < 1.29 is 10.4 Å². The van der Waals surface area contributed by atoms with Crippen molar-refractivity contribution in [3.63, 3.8) is 0 Å². The first-order valence-corrected chi connectivity index (χ1v) is 3.97. The number of hydrogen-bond donors (Lipinski definition) is 2. The van der Waals surface area contributed by atoms with Gasteiger partial charge in [-0.25, -0.2) is 0 Å². The molecule has 0 aliphatic heterocycles. The molecule has 0 aliphatic carbocycles. The average molecular weight is 146 g/mol. The van der Waals surface area contributed by atoms with Gasteiger partial charge in [0, 0.05) is 10.7 Å². The number of hydrogen-bond acceptors (Lipinski definition) is 4. The van der Waals surface area contributed by atoms with Crippen LogP contribution in [0.15, 0.2) is 10.3 Å². The highest BCUT2D eigenvalue weighted by molar-refractivity contribution is 6.98. The second-order valence-corrected chi connectivity index (χ2v) is 4.25. The van der Waals surface area contributed by atoms with Gasteiger partial charge in [-0.15, -0.1) is 10.3 Å². The van der Waals surface area contributed by atoms with E-state index in [0.29, 0.717) is 10.7 Å². The van der Waals surface area contributed by atoms with Crippen LogP contribution in [0.3, 0.4) is 0 Å². The molecule has 0 aliphatic rings. The van der Waals surface area contributed by atoms with Crippen LogP contribution in [-0.2, 0) is 0 Å². The minimum Gasteiger partial charge on any atom is -0.411 e. The highest BCUT2D eigenvalue weighted by Crippen LogP contribution is 1.75. The van der Waals surface area contributed by atoms with Crippen molar-refractivity contribution in [1.29, 1.82) is 0 Å². The number of oxime groups is 2. The highest BCUT2D eigenvalue weighted by atomic mass is 28.2. The van der Waals surface area contributed by atoms with E-state index >= 15 is 0 Å². The summed E-state index contributed by atoms with van der Waals surface area (Å²) in [5.41, 5.74) is 0. The Hall–Kier alpha value is -0.843. The second kappa shape index (κ2) is 4.08. The maximum atomic E-state index is 8.17. The van der Waals surface area contributed by atoms with Crippen LogP contribution >= 0.6 is 0 Å². The monoisotopic (exact) mass is 146 g/mol. The molecule has 0 aromatic rings. The smallest absolute Gasteiger partial charge is 0.132 e. The summed E-state index contributed by atoms with van der Waals surface area (Å²) >= 11 is 0. The van der Waals surface area contributed by atoms with Crippen molar-refractivity contribution >= 4 is 20.2 Å². The lowest BCUT2D eigenvalue weighted by molar-refractivity contribution is 0.319. The first kappa shape index (κ1) is 8.16. The van der Waals surface area contributed by atoms with Gasteiger partial charge in [-0.2, -0.15) is 0 Å². The minimum absolute atomic E-state index is 0.672. The molecule has 0 bridgehead atoms. The first-order valence-electron chi connectivity index (χ1n) is 2.55. The maximum Gasteiger partial charge on any atom is 0.132 e. The molecule has 9 heavy (non-hydrogen) atoms. The van der Waals surface area contributed by atoms with Gasteiger partial charge in [0.25, 0.3) is 0 Å². The zero-order valence-corrected chi connectivity index (χ0v) is 6.91. The van der Waals surface area contributed by atoms with E-state index in [4.69, 9.17) is 10.4 Å². The van der Waals surface area contributed by atoms with Crippen LogP contribution in [0.1, 0.15) is 13.8 Å². The highest BCUT2D eigenvalue weighted by Gasteiger charge is 1.95. The minimum atomic E-state index is -0.740. The van der Waals surface area contributed by atoms with Crippen molar-refractivity contribution in [2.75, 3.05) is 0 Å². The molecule has 0 atom stereocenters. The Kier molecular flexibility index (Phi) is 3.70. The Morgan fingerprint density at radius 1 is 1.11 bits per heavy atom. The quantitative estimate of drug-likeness (QED) is 0.244. The summed E-state index contributed by atoms with van der Waals surface area (Å²) in [7, 11) is -0.740. The van der Waals surface area contributed by atoms with Gasteiger partial charge in [-0.1, -0.05) is 0 Å². The average Bonchev–Trinajstić information content (AvgIpc) is 1.87. The molecule has 0 aromatic heterocycles. The Balaban J connectivity index is 3.75. The third kappa shape index (κ3) is 3.72. The largest absolute Gasteiger partial charge is 0.411 e. The van der Waals surface area contributed by atoms with Crippen molar-refractivity contribution in [2.24, 2.45) is 10.3 Å². The summed E-state index contributed by atoms with van der Waals surface area (Å²) in [5.74, 6) is 0. The Labute approximate surface area is 55.7 Å². The molecule has 0 unspecified atom stereocenters. The van der Waals surface area contributed by atoms with Gasteiger partial charge in [-0.05, 0) is 13.8 Å². The van der Waals surface area contributed by atoms with Crippen LogP contribution in [0.25, 0.3) is 0 Å². The van der Waals surface area contributed by atoms with Crippen LogP contribution < -0.4 is 0 Å². The van der Waals surface area contributed by atoms with E-state index in [9.17, 15) is 0 Å². The van der Waals surface area contributed by atoms with E-state index < -0.39 is 9.52 Å². The molecule has 0 heterocycles. The molecule has 0 aromatic carbocycles. The molecule has 0 saturated carbocycles. The Morgan fingerprint density at radius 2 is 1.44 bits per heavy atom. The fourth-order valence-corrected chi connectivity index (χ4v) is 1.32. The Bertz CT molecular complexity index is 128. The molecule has 0 amide bonds. The van der Waals surface area contributed by atoms with Crippen molar-refractivity contribution in [1.82, 2.24) is 0 Å². The number of nitrogens with zero attached hydrogens (tertiary/aromatic N) is 2. The lowest BCUT2D eigenvalue weighted by Crippen LogP contribution is -2.14. The van der Waals surface area contributed by atoms with Crippen LogP contribution in [0, 0.1) is 0 Å². The van der Waals surface area contributed by atoms with Crippen LogP contribution in [0.5, 0.6) is 0 Å². The van der Waals surface area contributed by atoms with Gasteiger partial charge in [0.05, 0.1) is 0 Å². The molecular weight excluding hydrogens is 136 g/mol. The van der Waals surface area contributed by atoms with E-state index in [1.807, 2.05) is 0 Å².